The number of amides is 2. The molecule has 0 radical (unpaired) electrons. The summed E-state index contributed by atoms with van der Waals surface area (Å²) in [5.41, 5.74) is 1.70. The number of hydrogen-bond donors (Lipinski definition) is 2. The van der Waals surface area contributed by atoms with Gasteiger partial charge in [-0.2, -0.15) is 0 Å². The lowest BCUT2D eigenvalue weighted by atomic mass is 10.2. The number of aryl methyl sites for hydroxylation is 1. The zero-order chi connectivity index (χ0) is 16.8. The molecular formula is C18H26N2O3. The molecule has 5 nitrogen and oxygen atoms in total. The lowest BCUT2D eigenvalue weighted by Crippen LogP contribution is -2.28. The van der Waals surface area contributed by atoms with Crippen molar-refractivity contribution in [1.29, 1.82) is 0 Å². The zero-order valence-corrected chi connectivity index (χ0v) is 14.1. The third-order valence-corrected chi connectivity index (χ3v) is 4.16. The van der Waals surface area contributed by atoms with Gasteiger partial charge < -0.3 is 15.4 Å². The van der Waals surface area contributed by atoms with E-state index < -0.39 is 0 Å². The SMILES string of the molecule is CCCCCNC(=O)C1CC1C(=O)Nc1cc(C)ccc1OC. The molecule has 0 aliphatic heterocycles. The van der Waals surface area contributed by atoms with Crippen LogP contribution in [0.15, 0.2) is 18.2 Å². The topological polar surface area (TPSA) is 67.4 Å². The van der Waals surface area contributed by atoms with Crippen molar-refractivity contribution >= 4 is 17.5 Å². The Labute approximate surface area is 137 Å². The Morgan fingerprint density at radius 3 is 2.65 bits per heavy atom. The third kappa shape index (κ3) is 4.71. The van der Waals surface area contributed by atoms with Crippen molar-refractivity contribution in [3.63, 3.8) is 0 Å². The Morgan fingerprint density at radius 2 is 1.96 bits per heavy atom. The Morgan fingerprint density at radius 1 is 1.22 bits per heavy atom. The van der Waals surface area contributed by atoms with Crippen LogP contribution in [0, 0.1) is 18.8 Å². The van der Waals surface area contributed by atoms with Gasteiger partial charge in [-0.15, -0.1) is 0 Å². The van der Waals surface area contributed by atoms with Crippen molar-refractivity contribution in [2.24, 2.45) is 11.8 Å². The highest BCUT2D eigenvalue weighted by molar-refractivity contribution is 6.00. The maximum Gasteiger partial charge on any atom is 0.228 e. The van der Waals surface area contributed by atoms with Crippen LogP contribution in [0.1, 0.15) is 38.2 Å². The lowest BCUT2D eigenvalue weighted by Gasteiger charge is -2.11. The molecule has 23 heavy (non-hydrogen) atoms. The zero-order valence-electron chi connectivity index (χ0n) is 14.1. The molecule has 1 saturated carbocycles. The van der Waals surface area contributed by atoms with E-state index in [1.165, 1.54) is 0 Å². The minimum Gasteiger partial charge on any atom is -0.495 e. The van der Waals surface area contributed by atoms with Crippen LogP contribution in [0.4, 0.5) is 5.69 Å². The summed E-state index contributed by atoms with van der Waals surface area (Å²) in [6.45, 7) is 4.78. The molecule has 5 heteroatoms. The second-order valence-corrected chi connectivity index (χ2v) is 6.14. The van der Waals surface area contributed by atoms with Gasteiger partial charge in [-0.25, -0.2) is 0 Å². The van der Waals surface area contributed by atoms with Gasteiger partial charge >= 0.3 is 0 Å². The molecule has 1 aliphatic carbocycles. The molecule has 1 fully saturated rings. The van der Waals surface area contributed by atoms with E-state index in [0.717, 1.165) is 24.8 Å². The maximum atomic E-state index is 12.3. The predicted octanol–water partition coefficient (Wildman–Crippen LogP) is 2.88. The highest BCUT2D eigenvalue weighted by Crippen LogP contribution is 2.40. The van der Waals surface area contributed by atoms with Gasteiger partial charge in [0.2, 0.25) is 11.8 Å². The van der Waals surface area contributed by atoms with E-state index in [4.69, 9.17) is 4.74 Å². The van der Waals surface area contributed by atoms with Gasteiger partial charge in [0.1, 0.15) is 5.75 Å². The standard InChI is InChI=1S/C18H26N2O3/c1-4-5-6-9-19-17(21)13-11-14(13)18(22)20-15-10-12(2)7-8-16(15)23-3/h7-8,10,13-14H,4-6,9,11H2,1-3H3,(H,19,21)(H,20,22). The molecule has 1 aromatic rings. The van der Waals surface area contributed by atoms with Crippen LogP contribution in [0.3, 0.4) is 0 Å². The summed E-state index contributed by atoms with van der Waals surface area (Å²) in [7, 11) is 1.57. The van der Waals surface area contributed by atoms with Gasteiger partial charge in [0.05, 0.1) is 24.6 Å². The summed E-state index contributed by atoms with van der Waals surface area (Å²) in [4.78, 5) is 24.3. The summed E-state index contributed by atoms with van der Waals surface area (Å²) in [6, 6.07) is 5.63. The lowest BCUT2D eigenvalue weighted by molar-refractivity contribution is -0.125. The summed E-state index contributed by atoms with van der Waals surface area (Å²) in [5.74, 6) is 0.101. The average Bonchev–Trinajstić information content (AvgIpc) is 3.32. The first-order valence-electron chi connectivity index (χ1n) is 8.30. The maximum absolute atomic E-state index is 12.3. The molecule has 1 aliphatic rings. The van der Waals surface area contributed by atoms with E-state index >= 15 is 0 Å². The fraction of sp³-hybridized carbons (Fsp3) is 0.556. The Balaban J connectivity index is 1.84. The van der Waals surface area contributed by atoms with Gasteiger partial charge in [-0.05, 0) is 37.5 Å². The quantitative estimate of drug-likeness (QED) is 0.724. The van der Waals surface area contributed by atoms with Crippen LogP contribution in [0.2, 0.25) is 0 Å². The van der Waals surface area contributed by atoms with Crippen LogP contribution >= 0.6 is 0 Å². The number of benzene rings is 1. The Hall–Kier alpha value is -2.04. The fourth-order valence-corrected chi connectivity index (χ4v) is 2.64. The summed E-state index contributed by atoms with van der Waals surface area (Å²) in [6.07, 6.45) is 3.86. The van der Waals surface area contributed by atoms with Crippen LogP contribution in [0.5, 0.6) is 5.75 Å². The molecule has 2 rings (SSSR count). The predicted molar refractivity (Wildman–Crippen MR) is 90.5 cm³/mol. The van der Waals surface area contributed by atoms with Gasteiger partial charge in [-0.1, -0.05) is 25.8 Å². The molecule has 0 spiro atoms. The van der Waals surface area contributed by atoms with E-state index in [9.17, 15) is 9.59 Å². The largest absolute Gasteiger partial charge is 0.495 e. The first kappa shape index (κ1) is 17.3. The van der Waals surface area contributed by atoms with Crippen LogP contribution in [-0.4, -0.2) is 25.5 Å². The van der Waals surface area contributed by atoms with Crippen molar-refractivity contribution < 1.29 is 14.3 Å². The first-order valence-corrected chi connectivity index (χ1v) is 8.30. The number of anilines is 1. The summed E-state index contributed by atoms with van der Waals surface area (Å²) in [5, 5.41) is 5.80. The molecule has 0 aromatic heterocycles. The van der Waals surface area contributed by atoms with Crippen LogP contribution in [0.25, 0.3) is 0 Å². The Kier molecular flexibility index (Phi) is 6.02. The number of rotatable bonds is 8. The number of hydrogen-bond acceptors (Lipinski definition) is 3. The van der Waals surface area contributed by atoms with E-state index in [-0.39, 0.29) is 23.7 Å². The highest BCUT2D eigenvalue weighted by Gasteiger charge is 2.48. The minimum atomic E-state index is -0.230. The minimum absolute atomic E-state index is 0.00235. The summed E-state index contributed by atoms with van der Waals surface area (Å²) >= 11 is 0. The fourth-order valence-electron chi connectivity index (χ4n) is 2.64. The second-order valence-electron chi connectivity index (χ2n) is 6.14. The van der Waals surface area contributed by atoms with E-state index in [0.29, 0.717) is 24.4 Å². The number of methoxy groups -OCH3 is 1. The second kappa shape index (κ2) is 7.99. The smallest absolute Gasteiger partial charge is 0.228 e. The van der Waals surface area contributed by atoms with Gasteiger partial charge in [0.25, 0.3) is 0 Å². The molecule has 0 saturated heterocycles. The molecule has 0 heterocycles. The van der Waals surface area contributed by atoms with Crippen LogP contribution in [-0.2, 0) is 9.59 Å². The van der Waals surface area contributed by atoms with Crippen molar-refractivity contribution in [1.82, 2.24) is 5.32 Å². The van der Waals surface area contributed by atoms with Gasteiger partial charge in [0, 0.05) is 6.54 Å². The average molecular weight is 318 g/mol. The van der Waals surface area contributed by atoms with Crippen molar-refractivity contribution in [2.45, 2.75) is 39.5 Å². The van der Waals surface area contributed by atoms with Crippen molar-refractivity contribution in [3.8, 4) is 5.75 Å². The molecule has 1 aromatic carbocycles. The van der Waals surface area contributed by atoms with E-state index in [2.05, 4.69) is 17.6 Å². The monoisotopic (exact) mass is 318 g/mol. The van der Waals surface area contributed by atoms with Crippen molar-refractivity contribution in [3.05, 3.63) is 23.8 Å². The number of carbonyl (C=O) groups is 2. The molecule has 2 amide bonds. The molecule has 126 valence electrons. The molecule has 2 atom stereocenters. The van der Waals surface area contributed by atoms with Crippen LogP contribution < -0.4 is 15.4 Å². The molecular weight excluding hydrogens is 292 g/mol. The van der Waals surface area contributed by atoms with E-state index in [1.807, 2.05) is 25.1 Å². The highest BCUT2D eigenvalue weighted by atomic mass is 16.5. The summed E-state index contributed by atoms with van der Waals surface area (Å²) < 4.78 is 5.26. The first-order chi connectivity index (χ1) is 11.1. The van der Waals surface area contributed by atoms with Gasteiger partial charge in [-0.3, -0.25) is 9.59 Å². The number of ether oxygens (including phenoxy) is 1. The normalized spacial score (nSPS) is 19.1. The number of carbonyl (C=O) groups excluding carboxylic acids is 2. The van der Waals surface area contributed by atoms with E-state index in [1.54, 1.807) is 7.11 Å². The number of nitrogens with one attached hydrogen (secondary N) is 2. The van der Waals surface area contributed by atoms with Crippen molar-refractivity contribution in [2.75, 3.05) is 19.0 Å². The Bertz CT molecular complexity index is 571. The molecule has 2 unspecified atom stereocenters. The van der Waals surface area contributed by atoms with Gasteiger partial charge in [0.15, 0.2) is 0 Å². The number of unbranched alkanes of at least 4 members (excludes halogenated alkanes) is 2. The molecule has 2 N–H and O–H groups in total. The third-order valence-electron chi connectivity index (χ3n) is 4.16. The molecule has 0 bridgehead atoms.